The highest BCUT2D eigenvalue weighted by Gasteiger charge is 2.41. The van der Waals surface area contributed by atoms with Crippen LogP contribution in [0.5, 0.6) is 0 Å². The van der Waals surface area contributed by atoms with E-state index in [1.54, 1.807) is 19.2 Å². The van der Waals surface area contributed by atoms with E-state index in [2.05, 4.69) is 10.2 Å². The minimum Gasteiger partial charge on any atom is -0.381 e. The van der Waals surface area contributed by atoms with Gasteiger partial charge in [0.15, 0.2) is 0 Å². The van der Waals surface area contributed by atoms with Crippen molar-refractivity contribution < 1.29 is 23.5 Å². The van der Waals surface area contributed by atoms with Crippen LogP contribution in [-0.4, -0.2) is 66.4 Å². The number of rotatable bonds is 5. The maximum absolute atomic E-state index is 16.0. The zero-order chi connectivity index (χ0) is 23.9. The zero-order valence-electron chi connectivity index (χ0n) is 19.9. The Labute approximate surface area is 200 Å². The second-order valence-electron chi connectivity index (χ2n) is 10.4. The molecule has 7 nitrogen and oxygen atoms in total. The molecule has 34 heavy (non-hydrogen) atoms. The van der Waals surface area contributed by atoms with Gasteiger partial charge in [-0.2, -0.15) is 0 Å². The van der Waals surface area contributed by atoms with Crippen LogP contribution in [0.3, 0.4) is 0 Å². The fourth-order valence-electron chi connectivity index (χ4n) is 6.15. The van der Waals surface area contributed by atoms with Crippen molar-refractivity contribution in [2.24, 2.45) is 5.92 Å². The van der Waals surface area contributed by atoms with E-state index >= 15 is 4.39 Å². The van der Waals surface area contributed by atoms with Crippen LogP contribution < -0.4 is 5.32 Å². The van der Waals surface area contributed by atoms with Crippen molar-refractivity contribution in [3.05, 3.63) is 34.9 Å². The third kappa shape index (κ3) is 4.50. The summed E-state index contributed by atoms with van der Waals surface area (Å²) in [5.74, 6) is -0.284. The first kappa shape index (κ1) is 23.4. The minimum absolute atomic E-state index is 0.220. The predicted molar refractivity (Wildman–Crippen MR) is 124 cm³/mol. The van der Waals surface area contributed by atoms with E-state index in [1.807, 2.05) is 6.07 Å². The van der Waals surface area contributed by atoms with Crippen LogP contribution >= 0.6 is 0 Å². The molecule has 5 rings (SSSR count). The lowest BCUT2D eigenvalue weighted by atomic mass is 9.83. The molecule has 1 atom stereocenters. The molecule has 2 saturated heterocycles. The molecule has 4 aliphatic rings. The average Bonchev–Trinajstić information content (AvgIpc) is 3.17. The van der Waals surface area contributed by atoms with Crippen LogP contribution in [-0.2, 0) is 26.5 Å². The number of hydrogen-bond donors (Lipinski definition) is 1. The molecular weight excluding hydrogens is 437 g/mol. The molecule has 1 aromatic rings. The third-order valence-corrected chi connectivity index (χ3v) is 8.33. The Bertz CT molecular complexity index is 967. The fourth-order valence-corrected chi connectivity index (χ4v) is 6.15. The second-order valence-corrected chi connectivity index (χ2v) is 10.4. The maximum atomic E-state index is 16.0. The molecule has 3 fully saturated rings. The number of likely N-dealkylation sites (tertiary alicyclic amines) is 1. The van der Waals surface area contributed by atoms with Crippen molar-refractivity contribution in [2.45, 2.75) is 75.7 Å². The molecule has 1 N–H and O–H groups in total. The summed E-state index contributed by atoms with van der Waals surface area (Å²) in [6.07, 6.45) is 6.43. The van der Waals surface area contributed by atoms with E-state index in [0.29, 0.717) is 42.4 Å². The normalized spacial score (nSPS) is 29.8. The zero-order valence-corrected chi connectivity index (χ0v) is 19.9. The lowest BCUT2D eigenvalue weighted by Crippen LogP contribution is -2.52. The Hall–Kier alpha value is -2.32. The number of hydrogen-bond acceptors (Lipinski definition) is 5. The molecule has 1 unspecified atom stereocenters. The van der Waals surface area contributed by atoms with Crippen molar-refractivity contribution >= 4 is 17.7 Å². The summed E-state index contributed by atoms with van der Waals surface area (Å²) in [4.78, 5) is 40.6. The number of ether oxygens (including phenoxy) is 1. The summed E-state index contributed by atoms with van der Waals surface area (Å²) >= 11 is 0. The minimum atomic E-state index is -1.40. The maximum Gasteiger partial charge on any atom is 0.255 e. The van der Waals surface area contributed by atoms with Crippen molar-refractivity contribution in [2.75, 3.05) is 26.7 Å². The molecule has 8 heteroatoms. The first-order chi connectivity index (χ1) is 16.4. The van der Waals surface area contributed by atoms with Crippen LogP contribution in [0.2, 0.25) is 0 Å². The first-order valence-corrected chi connectivity index (χ1v) is 12.6. The molecule has 3 heterocycles. The molecule has 184 valence electrons. The van der Waals surface area contributed by atoms with Crippen LogP contribution in [0.1, 0.15) is 72.9 Å². The van der Waals surface area contributed by atoms with E-state index < -0.39 is 17.6 Å². The van der Waals surface area contributed by atoms with Gasteiger partial charge in [0, 0.05) is 45.3 Å². The number of halogens is 1. The summed E-state index contributed by atoms with van der Waals surface area (Å²) in [6, 6.07) is 4.62. The van der Waals surface area contributed by atoms with Crippen LogP contribution in [0.15, 0.2) is 18.2 Å². The standard InChI is InChI=1S/C26H34FN3O4/c1-34-20-5-2-17(3-6-20)15-29-12-10-26(27,11-13-29)19-4-7-21-18(14-19)16-30(25(21)33)22-8-9-23(31)28-24(22)32/h4,7,14,17,20,22H,2-3,5-6,8-13,15-16H2,1H3,(H,28,31,32)/t17-,20-,22?. The second kappa shape index (κ2) is 9.38. The number of benzene rings is 1. The number of fused-ring (bicyclic) bond motifs is 1. The highest BCUT2D eigenvalue weighted by atomic mass is 19.1. The number of alkyl halides is 1. The Morgan fingerprint density at radius 1 is 1.09 bits per heavy atom. The third-order valence-electron chi connectivity index (χ3n) is 8.33. The van der Waals surface area contributed by atoms with Gasteiger partial charge in [0.25, 0.3) is 5.91 Å². The van der Waals surface area contributed by atoms with Gasteiger partial charge >= 0.3 is 0 Å². The van der Waals surface area contributed by atoms with Gasteiger partial charge in [0.1, 0.15) is 11.7 Å². The number of carbonyl (C=O) groups excluding carboxylic acids is 3. The molecular formula is C26H34FN3O4. The lowest BCUT2D eigenvalue weighted by Gasteiger charge is -2.39. The summed E-state index contributed by atoms with van der Waals surface area (Å²) in [6.45, 7) is 2.78. The molecule has 3 aliphatic heterocycles. The van der Waals surface area contributed by atoms with Crippen molar-refractivity contribution in [3.8, 4) is 0 Å². The van der Waals surface area contributed by atoms with E-state index in [0.717, 1.165) is 38.0 Å². The number of carbonyl (C=O) groups is 3. The molecule has 0 spiro atoms. The molecule has 0 radical (unpaired) electrons. The number of piperidine rings is 2. The topological polar surface area (TPSA) is 79.0 Å². The molecule has 0 aromatic heterocycles. The Morgan fingerprint density at radius 3 is 2.50 bits per heavy atom. The Morgan fingerprint density at radius 2 is 1.82 bits per heavy atom. The highest BCUT2D eigenvalue weighted by Crippen LogP contribution is 2.40. The SMILES string of the molecule is CO[C@H]1CC[C@H](CN2CCC(F)(c3ccc4c(c3)CN(C3CCC(=O)NC3=O)C4=O)CC2)CC1. The number of amides is 3. The van der Waals surface area contributed by atoms with Gasteiger partial charge in [-0.3, -0.25) is 19.7 Å². The van der Waals surface area contributed by atoms with Crippen LogP contribution in [0.4, 0.5) is 4.39 Å². The van der Waals surface area contributed by atoms with Gasteiger partial charge in [-0.15, -0.1) is 0 Å². The Kier molecular flexibility index (Phi) is 6.46. The quantitative estimate of drug-likeness (QED) is 0.668. The summed E-state index contributed by atoms with van der Waals surface area (Å²) in [5, 5.41) is 2.32. The van der Waals surface area contributed by atoms with Gasteiger partial charge < -0.3 is 14.5 Å². The molecule has 3 amide bonds. The first-order valence-electron chi connectivity index (χ1n) is 12.6. The summed E-state index contributed by atoms with van der Waals surface area (Å²) in [7, 11) is 1.79. The van der Waals surface area contributed by atoms with Gasteiger partial charge in [0.2, 0.25) is 11.8 Å². The summed E-state index contributed by atoms with van der Waals surface area (Å²) in [5.41, 5.74) is 0.525. The number of methoxy groups -OCH3 is 1. The number of imide groups is 1. The van der Waals surface area contributed by atoms with Gasteiger partial charge in [-0.25, -0.2) is 4.39 Å². The smallest absolute Gasteiger partial charge is 0.255 e. The fraction of sp³-hybridized carbons (Fsp3) is 0.654. The largest absolute Gasteiger partial charge is 0.381 e. The number of nitrogens with zero attached hydrogens (tertiary/aromatic N) is 2. The van der Waals surface area contributed by atoms with Gasteiger partial charge in [-0.05, 0) is 68.1 Å². The molecule has 1 aromatic carbocycles. The summed E-state index contributed by atoms with van der Waals surface area (Å²) < 4.78 is 21.5. The molecule has 1 aliphatic carbocycles. The van der Waals surface area contributed by atoms with Gasteiger partial charge in [0.05, 0.1) is 6.10 Å². The van der Waals surface area contributed by atoms with Crippen molar-refractivity contribution in [1.29, 1.82) is 0 Å². The Balaban J connectivity index is 1.21. The van der Waals surface area contributed by atoms with E-state index in [9.17, 15) is 14.4 Å². The van der Waals surface area contributed by atoms with E-state index in [1.165, 1.54) is 17.7 Å². The number of nitrogens with one attached hydrogen (secondary N) is 1. The monoisotopic (exact) mass is 471 g/mol. The van der Waals surface area contributed by atoms with Crippen molar-refractivity contribution in [3.63, 3.8) is 0 Å². The van der Waals surface area contributed by atoms with E-state index in [4.69, 9.17) is 4.74 Å². The lowest BCUT2D eigenvalue weighted by molar-refractivity contribution is -0.136. The van der Waals surface area contributed by atoms with Gasteiger partial charge in [-0.1, -0.05) is 12.1 Å². The molecule has 0 bridgehead atoms. The van der Waals surface area contributed by atoms with Crippen molar-refractivity contribution in [1.82, 2.24) is 15.1 Å². The van der Waals surface area contributed by atoms with Crippen LogP contribution in [0, 0.1) is 5.92 Å². The van der Waals surface area contributed by atoms with Crippen LogP contribution in [0.25, 0.3) is 0 Å². The highest BCUT2D eigenvalue weighted by molar-refractivity contribution is 6.05. The average molecular weight is 472 g/mol. The predicted octanol–water partition coefficient (Wildman–Crippen LogP) is 2.91. The van der Waals surface area contributed by atoms with E-state index in [-0.39, 0.29) is 24.8 Å². The molecule has 1 saturated carbocycles.